The number of halogens is 2. The van der Waals surface area contributed by atoms with Crippen LogP contribution in [0.4, 0.5) is 5.69 Å². The Balaban J connectivity index is 0.00000320. The van der Waals surface area contributed by atoms with Gasteiger partial charge in [0, 0.05) is 43.5 Å². The number of hydrogen-bond donors (Lipinski definition) is 3. The number of hydrogen-bond acceptors (Lipinski definition) is 3. The van der Waals surface area contributed by atoms with Gasteiger partial charge in [-0.15, -0.1) is 24.0 Å². The van der Waals surface area contributed by atoms with Crippen molar-refractivity contribution in [2.24, 2.45) is 10.9 Å². The molecule has 0 atom stereocenters. The molecule has 1 fully saturated rings. The van der Waals surface area contributed by atoms with Crippen LogP contribution in [-0.2, 0) is 13.1 Å². The van der Waals surface area contributed by atoms with E-state index in [1.807, 2.05) is 24.3 Å². The molecule has 0 radical (unpaired) electrons. The zero-order valence-corrected chi connectivity index (χ0v) is 20.6. The summed E-state index contributed by atoms with van der Waals surface area (Å²) in [5, 5.41) is 16.7. The first-order valence-electron chi connectivity index (χ1n) is 10.4. The fourth-order valence-corrected chi connectivity index (χ4v) is 3.74. The third-order valence-corrected chi connectivity index (χ3v) is 5.52. The van der Waals surface area contributed by atoms with Crippen molar-refractivity contribution in [2.45, 2.75) is 32.9 Å². The van der Waals surface area contributed by atoms with E-state index < -0.39 is 0 Å². The summed E-state index contributed by atoms with van der Waals surface area (Å²) in [6.07, 6.45) is 2.13. The molecular formula is C23H32ClIN4O. The van der Waals surface area contributed by atoms with E-state index in [2.05, 4.69) is 51.7 Å². The highest BCUT2D eigenvalue weighted by atomic mass is 127. The highest BCUT2D eigenvalue weighted by Gasteiger charge is 2.18. The molecule has 1 saturated heterocycles. The van der Waals surface area contributed by atoms with E-state index >= 15 is 0 Å². The largest absolute Gasteiger partial charge is 0.396 e. The predicted molar refractivity (Wildman–Crippen MR) is 137 cm³/mol. The summed E-state index contributed by atoms with van der Waals surface area (Å²) in [5.74, 6) is 1.26. The molecule has 0 unspecified atom stereocenters. The average molecular weight is 543 g/mol. The fraction of sp³-hybridized carbons (Fsp3) is 0.435. The standard InChI is InChI=1S/C23H31ClN4O.HI/c1-2-25-23(27-16-20-4-3-5-21(24)14-20)26-15-18-6-8-22(9-7-18)28-12-10-19(17-29)11-13-28;/h3-9,14,19,29H,2,10-13,15-17H2,1H3,(H2,25,26,27);1H. The molecule has 5 nitrogen and oxygen atoms in total. The maximum atomic E-state index is 9.30. The van der Waals surface area contributed by atoms with Gasteiger partial charge in [0.1, 0.15) is 0 Å². The molecule has 1 aliphatic rings. The van der Waals surface area contributed by atoms with Gasteiger partial charge >= 0.3 is 0 Å². The van der Waals surface area contributed by atoms with Gasteiger partial charge in [-0.2, -0.15) is 0 Å². The molecule has 1 heterocycles. The zero-order chi connectivity index (χ0) is 20.5. The summed E-state index contributed by atoms with van der Waals surface area (Å²) in [6.45, 7) is 6.51. The molecular weight excluding hydrogens is 511 g/mol. The minimum absolute atomic E-state index is 0. The molecule has 3 N–H and O–H groups in total. The molecule has 164 valence electrons. The number of piperidine rings is 1. The van der Waals surface area contributed by atoms with Crippen LogP contribution in [0.15, 0.2) is 53.5 Å². The van der Waals surface area contributed by atoms with Crippen molar-refractivity contribution in [1.82, 2.24) is 10.6 Å². The third kappa shape index (κ3) is 7.63. The van der Waals surface area contributed by atoms with Crippen LogP contribution in [0.3, 0.4) is 0 Å². The van der Waals surface area contributed by atoms with E-state index in [4.69, 9.17) is 11.6 Å². The molecule has 7 heteroatoms. The maximum Gasteiger partial charge on any atom is 0.191 e. The van der Waals surface area contributed by atoms with Crippen LogP contribution in [0.2, 0.25) is 5.02 Å². The van der Waals surface area contributed by atoms with Crippen molar-refractivity contribution >= 4 is 47.2 Å². The highest BCUT2D eigenvalue weighted by Crippen LogP contribution is 2.23. The molecule has 2 aromatic carbocycles. The number of guanidine groups is 1. The highest BCUT2D eigenvalue weighted by molar-refractivity contribution is 14.0. The van der Waals surface area contributed by atoms with E-state index in [0.717, 1.165) is 49.0 Å². The minimum Gasteiger partial charge on any atom is -0.396 e. The number of benzene rings is 2. The summed E-state index contributed by atoms with van der Waals surface area (Å²) >= 11 is 6.05. The van der Waals surface area contributed by atoms with Crippen LogP contribution in [0, 0.1) is 5.92 Å². The number of nitrogens with zero attached hydrogens (tertiary/aromatic N) is 2. The third-order valence-electron chi connectivity index (χ3n) is 5.29. The topological polar surface area (TPSA) is 59.9 Å². The van der Waals surface area contributed by atoms with Gasteiger partial charge < -0.3 is 20.6 Å². The number of aliphatic hydroxyl groups excluding tert-OH is 1. The lowest BCUT2D eigenvalue weighted by atomic mass is 9.97. The van der Waals surface area contributed by atoms with Crippen LogP contribution in [-0.4, -0.2) is 37.3 Å². The van der Waals surface area contributed by atoms with Gasteiger partial charge in [0.25, 0.3) is 0 Å². The number of anilines is 1. The van der Waals surface area contributed by atoms with Crippen LogP contribution < -0.4 is 15.5 Å². The fourth-order valence-electron chi connectivity index (χ4n) is 3.53. The first kappa shape index (κ1) is 24.8. The second-order valence-corrected chi connectivity index (χ2v) is 7.89. The van der Waals surface area contributed by atoms with E-state index in [9.17, 15) is 5.11 Å². The second-order valence-electron chi connectivity index (χ2n) is 7.46. The summed E-state index contributed by atoms with van der Waals surface area (Å²) in [4.78, 5) is 7.06. The zero-order valence-electron chi connectivity index (χ0n) is 17.5. The van der Waals surface area contributed by atoms with Crippen LogP contribution >= 0.6 is 35.6 Å². The van der Waals surface area contributed by atoms with Gasteiger partial charge in [-0.25, -0.2) is 4.99 Å². The molecule has 0 spiro atoms. The molecule has 3 rings (SSSR count). The molecule has 0 bridgehead atoms. The van der Waals surface area contributed by atoms with Crippen molar-refractivity contribution < 1.29 is 5.11 Å². The lowest BCUT2D eigenvalue weighted by Gasteiger charge is -2.33. The lowest BCUT2D eigenvalue weighted by Crippen LogP contribution is -2.36. The van der Waals surface area contributed by atoms with Gasteiger partial charge in [-0.05, 0) is 61.1 Å². The molecule has 0 saturated carbocycles. The summed E-state index contributed by atoms with van der Waals surface area (Å²) in [6, 6.07) is 16.5. The van der Waals surface area contributed by atoms with Gasteiger partial charge in [-0.1, -0.05) is 35.9 Å². The Bertz CT molecular complexity index is 792. The van der Waals surface area contributed by atoms with E-state index in [0.29, 0.717) is 25.6 Å². The van der Waals surface area contributed by atoms with Gasteiger partial charge in [0.05, 0.1) is 6.54 Å². The molecule has 2 aromatic rings. The molecule has 0 amide bonds. The number of aliphatic hydroxyl groups is 1. The smallest absolute Gasteiger partial charge is 0.191 e. The van der Waals surface area contributed by atoms with E-state index in [-0.39, 0.29) is 24.0 Å². The number of aliphatic imine (C=N–C) groups is 1. The molecule has 0 aliphatic carbocycles. The first-order chi connectivity index (χ1) is 14.2. The average Bonchev–Trinajstić information content (AvgIpc) is 2.76. The van der Waals surface area contributed by atoms with Gasteiger partial charge in [0.15, 0.2) is 5.96 Å². The summed E-state index contributed by atoms with van der Waals surface area (Å²) < 4.78 is 0. The van der Waals surface area contributed by atoms with Crippen molar-refractivity contribution in [3.05, 3.63) is 64.7 Å². The number of nitrogens with one attached hydrogen (secondary N) is 2. The van der Waals surface area contributed by atoms with Crippen LogP contribution in [0.5, 0.6) is 0 Å². The Morgan fingerprint density at radius 2 is 1.83 bits per heavy atom. The first-order valence-corrected chi connectivity index (χ1v) is 10.8. The lowest BCUT2D eigenvalue weighted by molar-refractivity contribution is 0.203. The normalized spacial score (nSPS) is 14.9. The Morgan fingerprint density at radius 3 is 2.47 bits per heavy atom. The second kappa shape index (κ2) is 13.0. The monoisotopic (exact) mass is 542 g/mol. The quantitative estimate of drug-likeness (QED) is 0.275. The van der Waals surface area contributed by atoms with Crippen molar-refractivity contribution in [2.75, 3.05) is 31.1 Å². The van der Waals surface area contributed by atoms with Gasteiger partial charge in [0.2, 0.25) is 0 Å². The Kier molecular flexibility index (Phi) is 10.7. The Labute approximate surface area is 201 Å². The predicted octanol–water partition coefficient (Wildman–Crippen LogP) is 4.42. The van der Waals surface area contributed by atoms with Gasteiger partial charge in [-0.3, -0.25) is 0 Å². The number of rotatable bonds is 7. The summed E-state index contributed by atoms with van der Waals surface area (Å²) in [7, 11) is 0. The van der Waals surface area contributed by atoms with Crippen LogP contribution in [0.25, 0.3) is 0 Å². The van der Waals surface area contributed by atoms with Crippen molar-refractivity contribution in [3.8, 4) is 0 Å². The molecule has 1 aliphatic heterocycles. The summed E-state index contributed by atoms with van der Waals surface area (Å²) in [5.41, 5.74) is 3.56. The molecule has 30 heavy (non-hydrogen) atoms. The van der Waals surface area contributed by atoms with E-state index in [1.54, 1.807) is 0 Å². The van der Waals surface area contributed by atoms with Crippen molar-refractivity contribution in [1.29, 1.82) is 0 Å². The van der Waals surface area contributed by atoms with Crippen LogP contribution in [0.1, 0.15) is 30.9 Å². The van der Waals surface area contributed by atoms with E-state index in [1.165, 1.54) is 11.3 Å². The SMILES string of the molecule is CCNC(=NCc1cccc(Cl)c1)NCc1ccc(N2CCC(CO)CC2)cc1.I. The maximum absolute atomic E-state index is 9.30. The van der Waals surface area contributed by atoms with Crippen molar-refractivity contribution in [3.63, 3.8) is 0 Å². The molecule has 0 aromatic heterocycles. The minimum atomic E-state index is 0. The Hall–Kier alpha value is -1.51. The Morgan fingerprint density at radius 1 is 1.10 bits per heavy atom.